The summed E-state index contributed by atoms with van der Waals surface area (Å²) in [6.07, 6.45) is 0.903. The van der Waals surface area contributed by atoms with E-state index in [1.54, 1.807) is 0 Å². The number of carbonyl (C=O) groups is 3. The number of nitrogens with two attached hydrogens (primary N) is 1. The lowest BCUT2D eigenvalue weighted by molar-refractivity contribution is -0.203. The van der Waals surface area contributed by atoms with Gasteiger partial charge in [-0.1, -0.05) is 55.4 Å². The molecule has 3 aliphatic heterocycles. The molecule has 0 bridgehead atoms. The van der Waals surface area contributed by atoms with Crippen molar-refractivity contribution in [2.75, 3.05) is 6.61 Å². The Hall–Kier alpha value is -2.01. The molecule has 2 saturated carbocycles. The summed E-state index contributed by atoms with van der Waals surface area (Å²) < 4.78 is 24.7. The average molecular weight is 577 g/mol. The van der Waals surface area contributed by atoms with E-state index in [2.05, 4.69) is 5.32 Å². The van der Waals surface area contributed by atoms with Gasteiger partial charge in [-0.3, -0.25) is 4.79 Å². The number of aliphatic hydroxyl groups is 1. The molecule has 3 heterocycles. The second kappa shape index (κ2) is 10.3. The summed E-state index contributed by atoms with van der Waals surface area (Å²) >= 11 is 0. The highest BCUT2D eigenvalue weighted by molar-refractivity contribution is 5.92. The van der Waals surface area contributed by atoms with Crippen LogP contribution >= 0.6 is 0 Å². The normalized spacial score (nSPS) is 41.1. The van der Waals surface area contributed by atoms with Crippen molar-refractivity contribution >= 4 is 17.8 Å². The number of esters is 2. The van der Waals surface area contributed by atoms with Gasteiger partial charge in [-0.05, 0) is 48.5 Å². The largest absolute Gasteiger partial charge is 0.458 e. The van der Waals surface area contributed by atoms with E-state index in [4.69, 9.17) is 24.7 Å². The standard InChI is InChI=1S/C29H42N2O8.C2H6/c1-12(2)21(30)23(32)31-22(13(3)4)25(34)37-26-27(35,14(5)6)10-20-28(39-20)18-8-7-15-17(11-36-24(15)33)16(18)9-19-29(26,28)38-19;1-2/h12-14,16,18-22,26,35H,7-11,30H2,1-6H3,(H,31,32);1-2H3/t16?,18-,19?,20?,21?,22?,26?,27?,28?,29?;/m1./s1. The Balaban J connectivity index is 0.00000165. The predicted octanol–water partition coefficient (Wildman–Crippen LogP) is 2.40. The van der Waals surface area contributed by atoms with E-state index in [1.165, 1.54) is 0 Å². The van der Waals surface area contributed by atoms with Crippen LogP contribution in [0.5, 0.6) is 0 Å². The Morgan fingerprint density at radius 3 is 2.32 bits per heavy atom. The van der Waals surface area contributed by atoms with Crippen LogP contribution in [-0.2, 0) is 33.3 Å². The highest BCUT2D eigenvalue weighted by atomic mass is 16.7. The summed E-state index contributed by atoms with van der Waals surface area (Å²) in [5.74, 6) is -1.65. The first-order chi connectivity index (χ1) is 19.3. The Morgan fingerprint density at radius 1 is 1.05 bits per heavy atom. The minimum absolute atomic E-state index is 0.0806. The summed E-state index contributed by atoms with van der Waals surface area (Å²) in [5, 5.41) is 14.9. The van der Waals surface area contributed by atoms with Gasteiger partial charge in [-0.2, -0.15) is 0 Å². The number of hydrogen-bond donors (Lipinski definition) is 3. The molecule has 6 aliphatic rings. The number of cyclic esters (lactones) is 1. The molecule has 2 spiro atoms. The molecule has 10 nitrogen and oxygen atoms in total. The topological polar surface area (TPSA) is 153 Å². The van der Waals surface area contributed by atoms with Gasteiger partial charge in [-0.25, -0.2) is 9.59 Å². The van der Waals surface area contributed by atoms with E-state index in [0.717, 1.165) is 17.6 Å². The zero-order valence-corrected chi connectivity index (χ0v) is 25.7. The maximum absolute atomic E-state index is 13.8. The summed E-state index contributed by atoms with van der Waals surface area (Å²) in [6.45, 7) is 15.5. The molecule has 3 aliphatic carbocycles. The molecule has 2 saturated heterocycles. The van der Waals surface area contributed by atoms with Gasteiger partial charge in [0.1, 0.15) is 23.9 Å². The van der Waals surface area contributed by atoms with E-state index in [-0.39, 0.29) is 47.8 Å². The number of fused-ring (bicyclic) bond motifs is 2. The SMILES string of the molecule is CC.CC(C)C(N)C(=O)NC(C(=O)OC1C(O)(C(C)C)CC2OC23[C@@H]2CCC4=C(COC4=O)C2CC2OC213)C(C)C. The van der Waals surface area contributed by atoms with E-state index < -0.39 is 46.9 Å². The van der Waals surface area contributed by atoms with Gasteiger partial charge in [0.2, 0.25) is 5.91 Å². The molecule has 230 valence electrons. The van der Waals surface area contributed by atoms with Crippen molar-refractivity contribution < 1.29 is 38.4 Å². The molecule has 0 aromatic heterocycles. The van der Waals surface area contributed by atoms with Crippen LogP contribution in [0.25, 0.3) is 0 Å². The number of nitrogens with one attached hydrogen (secondary N) is 1. The number of rotatable bonds is 7. The van der Waals surface area contributed by atoms with Crippen molar-refractivity contribution in [3.63, 3.8) is 0 Å². The van der Waals surface area contributed by atoms with Gasteiger partial charge < -0.3 is 35.1 Å². The van der Waals surface area contributed by atoms with Gasteiger partial charge in [-0.15, -0.1) is 0 Å². The Labute approximate surface area is 243 Å². The quantitative estimate of drug-likeness (QED) is 0.306. The number of carbonyl (C=O) groups excluding carboxylic acids is 3. The second-order valence-corrected chi connectivity index (χ2v) is 13.5. The van der Waals surface area contributed by atoms with Crippen molar-refractivity contribution in [3.8, 4) is 0 Å². The molecule has 10 heteroatoms. The van der Waals surface area contributed by atoms with Gasteiger partial charge in [0.15, 0.2) is 11.7 Å². The van der Waals surface area contributed by atoms with Crippen LogP contribution in [0.3, 0.4) is 0 Å². The second-order valence-electron chi connectivity index (χ2n) is 13.5. The monoisotopic (exact) mass is 576 g/mol. The Kier molecular flexibility index (Phi) is 7.66. The van der Waals surface area contributed by atoms with Crippen LogP contribution in [0, 0.1) is 29.6 Å². The van der Waals surface area contributed by atoms with Gasteiger partial charge in [0, 0.05) is 17.9 Å². The molecule has 4 fully saturated rings. The van der Waals surface area contributed by atoms with Crippen LogP contribution in [0.15, 0.2) is 11.1 Å². The van der Waals surface area contributed by atoms with Gasteiger partial charge >= 0.3 is 11.9 Å². The minimum Gasteiger partial charge on any atom is -0.458 e. The molecule has 6 rings (SSSR count). The van der Waals surface area contributed by atoms with Crippen molar-refractivity contribution in [2.45, 2.75) is 128 Å². The Bertz CT molecular complexity index is 1140. The van der Waals surface area contributed by atoms with Crippen LogP contribution in [0.2, 0.25) is 0 Å². The van der Waals surface area contributed by atoms with Crippen LogP contribution in [0.1, 0.15) is 81.1 Å². The fourth-order valence-corrected chi connectivity index (χ4v) is 8.14. The molecule has 10 atom stereocenters. The molecule has 0 radical (unpaired) electrons. The maximum Gasteiger partial charge on any atom is 0.334 e. The molecule has 4 N–H and O–H groups in total. The molecule has 0 aromatic rings. The summed E-state index contributed by atoms with van der Waals surface area (Å²) in [7, 11) is 0. The van der Waals surface area contributed by atoms with Crippen LogP contribution in [-0.4, -0.2) is 76.8 Å². The predicted molar refractivity (Wildman–Crippen MR) is 149 cm³/mol. The highest BCUT2D eigenvalue weighted by Crippen LogP contribution is 2.76. The van der Waals surface area contributed by atoms with Crippen molar-refractivity contribution in [1.82, 2.24) is 5.32 Å². The van der Waals surface area contributed by atoms with Crippen LogP contribution < -0.4 is 11.1 Å². The maximum atomic E-state index is 13.8. The number of epoxide rings is 2. The minimum atomic E-state index is -1.37. The molecule has 1 amide bonds. The first-order valence-corrected chi connectivity index (χ1v) is 15.5. The molecular formula is C31H48N2O8. The van der Waals surface area contributed by atoms with E-state index in [9.17, 15) is 19.5 Å². The molecule has 41 heavy (non-hydrogen) atoms. The highest BCUT2D eigenvalue weighted by Gasteiger charge is 2.93. The van der Waals surface area contributed by atoms with E-state index >= 15 is 0 Å². The van der Waals surface area contributed by atoms with Crippen molar-refractivity contribution in [2.24, 2.45) is 35.3 Å². The lowest BCUT2D eigenvalue weighted by atomic mass is 9.52. The third-order valence-electron chi connectivity index (χ3n) is 10.6. The first kappa shape index (κ1) is 30.4. The van der Waals surface area contributed by atoms with E-state index in [1.807, 2.05) is 55.4 Å². The van der Waals surface area contributed by atoms with Crippen LogP contribution in [0.4, 0.5) is 0 Å². The summed E-state index contributed by atoms with van der Waals surface area (Å²) in [6, 6.07) is -1.69. The smallest absolute Gasteiger partial charge is 0.334 e. The Morgan fingerprint density at radius 2 is 1.71 bits per heavy atom. The lowest BCUT2D eigenvalue weighted by Crippen LogP contribution is -2.70. The first-order valence-electron chi connectivity index (χ1n) is 15.5. The summed E-state index contributed by atoms with van der Waals surface area (Å²) in [5.41, 5.74) is 4.89. The van der Waals surface area contributed by atoms with E-state index in [0.29, 0.717) is 25.9 Å². The lowest BCUT2D eigenvalue weighted by Gasteiger charge is -2.52. The third-order valence-corrected chi connectivity index (χ3v) is 10.6. The van der Waals surface area contributed by atoms with Crippen molar-refractivity contribution in [3.05, 3.63) is 11.1 Å². The number of ether oxygens (including phenoxy) is 4. The molecule has 0 aromatic carbocycles. The fourth-order valence-electron chi connectivity index (χ4n) is 8.14. The summed E-state index contributed by atoms with van der Waals surface area (Å²) in [4.78, 5) is 38.8. The zero-order chi connectivity index (χ0) is 30.2. The van der Waals surface area contributed by atoms with Crippen molar-refractivity contribution in [1.29, 1.82) is 0 Å². The molecule has 9 unspecified atom stereocenters. The average Bonchev–Trinajstić information content (AvgIpc) is 3.80. The number of amides is 1. The number of hydrogen-bond acceptors (Lipinski definition) is 9. The third kappa shape index (κ3) is 4.22. The van der Waals surface area contributed by atoms with Gasteiger partial charge in [0.25, 0.3) is 0 Å². The molecular weight excluding hydrogens is 528 g/mol. The fraction of sp³-hybridized carbons (Fsp3) is 0.839. The zero-order valence-electron chi connectivity index (χ0n) is 25.7. The van der Waals surface area contributed by atoms with Gasteiger partial charge in [0.05, 0.1) is 18.2 Å².